The molecule has 0 aliphatic carbocycles. The summed E-state index contributed by atoms with van der Waals surface area (Å²) in [5, 5.41) is 0. The van der Waals surface area contributed by atoms with Crippen molar-refractivity contribution in [3.05, 3.63) is 0 Å². The maximum Gasteiger partial charge on any atom is 0.210 e. The van der Waals surface area contributed by atoms with Gasteiger partial charge in [0.1, 0.15) is 4.87 Å². The van der Waals surface area contributed by atoms with Gasteiger partial charge in [-0.2, -0.15) is 0 Å². The zero-order chi connectivity index (χ0) is 7.71. The minimum Gasteiger partial charge on any atom is -0.125 e. The molecule has 0 rings (SSSR count). The number of rotatable bonds is 1. The zero-order valence-electron chi connectivity index (χ0n) is 4.60. The highest BCUT2D eigenvalue weighted by atomic mass is 35.6. The van der Waals surface area contributed by atoms with Crippen molar-refractivity contribution < 1.29 is 0 Å². The molecular formula is C4H5Cl5. The van der Waals surface area contributed by atoms with Gasteiger partial charge in [0.05, 0.1) is 0 Å². The Hall–Kier alpha value is 1.45. The quantitative estimate of drug-likeness (QED) is 0.604. The summed E-state index contributed by atoms with van der Waals surface area (Å²) >= 11 is 27.4. The van der Waals surface area contributed by atoms with Crippen LogP contribution in [0.1, 0.15) is 6.92 Å². The van der Waals surface area contributed by atoms with E-state index in [1.807, 2.05) is 0 Å². The van der Waals surface area contributed by atoms with E-state index in [1.165, 1.54) is 0 Å². The molecule has 0 aliphatic rings. The van der Waals surface area contributed by atoms with Gasteiger partial charge in [0, 0.05) is 5.88 Å². The van der Waals surface area contributed by atoms with Gasteiger partial charge in [0.15, 0.2) is 0 Å². The molecule has 0 spiro atoms. The lowest BCUT2D eigenvalue weighted by atomic mass is 10.2. The Morgan fingerprint density at radius 3 is 1.44 bits per heavy atom. The van der Waals surface area contributed by atoms with E-state index in [2.05, 4.69) is 0 Å². The molecular weight excluding hydrogens is 225 g/mol. The average molecular weight is 230 g/mol. The molecule has 1 atom stereocenters. The van der Waals surface area contributed by atoms with Crippen LogP contribution in [0.3, 0.4) is 0 Å². The standard InChI is InChI=1S/C4H5Cl5/c1-3(6,2-5)4(7,8)9/h2H2,1H3. The summed E-state index contributed by atoms with van der Waals surface area (Å²) in [5.41, 5.74) is 0. The van der Waals surface area contributed by atoms with Crippen molar-refractivity contribution in [2.75, 3.05) is 5.88 Å². The predicted octanol–water partition coefficient (Wildman–Crippen LogP) is 3.59. The minimum absolute atomic E-state index is 0.102. The highest BCUT2D eigenvalue weighted by Gasteiger charge is 2.42. The van der Waals surface area contributed by atoms with E-state index >= 15 is 0 Å². The molecule has 0 nitrogen and oxygen atoms in total. The summed E-state index contributed by atoms with van der Waals surface area (Å²) in [5.74, 6) is 0.102. The van der Waals surface area contributed by atoms with Gasteiger partial charge in [-0.15, -0.1) is 23.2 Å². The summed E-state index contributed by atoms with van der Waals surface area (Å²) in [6.45, 7) is 1.56. The first-order valence-corrected chi connectivity index (χ1v) is 4.17. The van der Waals surface area contributed by atoms with Crippen molar-refractivity contribution >= 4 is 58.0 Å². The molecule has 0 aromatic carbocycles. The molecule has 0 N–H and O–H groups in total. The molecule has 9 heavy (non-hydrogen) atoms. The third kappa shape index (κ3) is 2.90. The molecule has 5 heteroatoms. The first-order chi connectivity index (χ1) is 3.81. The van der Waals surface area contributed by atoms with Crippen LogP contribution in [0.15, 0.2) is 0 Å². The normalized spacial score (nSPS) is 19.3. The van der Waals surface area contributed by atoms with Crippen molar-refractivity contribution in [1.82, 2.24) is 0 Å². The van der Waals surface area contributed by atoms with Crippen molar-refractivity contribution in [1.29, 1.82) is 0 Å². The van der Waals surface area contributed by atoms with Gasteiger partial charge in [-0.1, -0.05) is 34.8 Å². The molecule has 0 aromatic heterocycles. The summed E-state index contributed by atoms with van der Waals surface area (Å²) in [6.07, 6.45) is 0. The van der Waals surface area contributed by atoms with E-state index in [1.54, 1.807) is 6.92 Å². The van der Waals surface area contributed by atoms with Gasteiger partial charge >= 0.3 is 0 Å². The van der Waals surface area contributed by atoms with Gasteiger partial charge in [-0.3, -0.25) is 0 Å². The van der Waals surface area contributed by atoms with Gasteiger partial charge in [-0.25, -0.2) is 0 Å². The Kier molecular flexibility index (Phi) is 3.75. The van der Waals surface area contributed by atoms with Crippen LogP contribution >= 0.6 is 58.0 Å². The molecule has 1 unspecified atom stereocenters. The lowest BCUT2D eigenvalue weighted by Crippen LogP contribution is -2.35. The van der Waals surface area contributed by atoms with Crippen LogP contribution in [0.25, 0.3) is 0 Å². The van der Waals surface area contributed by atoms with Crippen LogP contribution in [0.5, 0.6) is 0 Å². The average Bonchev–Trinajstić information content (AvgIpc) is 1.64. The second kappa shape index (κ2) is 3.23. The topological polar surface area (TPSA) is 0 Å². The third-order valence-electron chi connectivity index (χ3n) is 0.842. The summed E-state index contributed by atoms with van der Waals surface area (Å²) in [6, 6.07) is 0. The molecule has 0 radical (unpaired) electrons. The smallest absolute Gasteiger partial charge is 0.125 e. The lowest BCUT2D eigenvalue weighted by molar-refractivity contribution is 0.726. The monoisotopic (exact) mass is 228 g/mol. The van der Waals surface area contributed by atoms with E-state index in [-0.39, 0.29) is 5.88 Å². The highest BCUT2D eigenvalue weighted by Crippen LogP contribution is 2.43. The summed E-state index contributed by atoms with van der Waals surface area (Å²) < 4.78 is -1.50. The molecule has 0 amide bonds. The lowest BCUT2D eigenvalue weighted by Gasteiger charge is -2.26. The Bertz CT molecular complexity index is 91.6. The highest BCUT2D eigenvalue weighted by molar-refractivity contribution is 6.71. The Morgan fingerprint density at radius 2 is 1.44 bits per heavy atom. The largest absolute Gasteiger partial charge is 0.210 e. The number of halogens is 5. The second-order valence-electron chi connectivity index (χ2n) is 1.83. The first-order valence-electron chi connectivity index (χ1n) is 2.13. The van der Waals surface area contributed by atoms with Crippen LogP contribution in [0.4, 0.5) is 0 Å². The summed E-state index contributed by atoms with van der Waals surface area (Å²) in [7, 11) is 0. The van der Waals surface area contributed by atoms with Crippen LogP contribution in [0.2, 0.25) is 0 Å². The molecule has 0 heterocycles. The van der Waals surface area contributed by atoms with Gasteiger partial charge in [-0.05, 0) is 6.92 Å². The maximum absolute atomic E-state index is 5.67. The number of hydrogen-bond donors (Lipinski definition) is 0. The molecule has 0 bridgehead atoms. The van der Waals surface area contributed by atoms with Crippen LogP contribution < -0.4 is 0 Å². The van der Waals surface area contributed by atoms with E-state index in [0.29, 0.717) is 0 Å². The maximum atomic E-state index is 5.67. The second-order valence-corrected chi connectivity index (χ2v) is 5.21. The van der Waals surface area contributed by atoms with Crippen LogP contribution in [-0.2, 0) is 0 Å². The van der Waals surface area contributed by atoms with E-state index < -0.39 is 8.67 Å². The van der Waals surface area contributed by atoms with Crippen molar-refractivity contribution in [2.24, 2.45) is 0 Å². The first kappa shape index (κ1) is 10.4. The van der Waals surface area contributed by atoms with Gasteiger partial charge < -0.3 is 0 Å². The molecule has 0 saturated carbocycles. The third-order valence-corrected chi connectivity index (χ3v) is 3.47. The fourth-order valence-electron chi connectivity index (χ4n) is 0.0758. The Balaban J connectivity index is 4.14. The minimum atomic E-state index is -1.50. The Morgan fingerprint density at radius 1 is 1.11 bits per heavy atom. The van der Waals surface area contributed by atoms with Crippen molar-refractivity contribution in [3.8, 4) is 0 Å². The van der Waals surface area contributed by atoms with Gasteiger partial charge in [0.25, 0.3) is 0 Å². The zero-order valence-corrected chi connectivity index (χ0v) is 8.38. The van der Waals surface area contributed by atoms with Crippen molar-refractivity contribution in [2.45, 2.75) is 15.6 Å². The number of alkyl halides is 5. The fraction of sp³-hybridized carbons (Fsp3) is 1.00. The Labute approximate surface area is 79.4 Å². The van der Waals surface area contributed by atoms with Crippen molar-refractivity contribution in [3.63, 3.8) is 0 Å². The molecule has 0 fully saturated rings. The number of hydrogen-bond acceptors (Lipinski definition) is 0. The SMILES string of the molecule is CC(Cl)(CCl)C(Cl)(Cl)Cl. The molecule has 56 valence electrons. The molecule has 0 aromatic rings. The van der Waals surface area contributed by atoms with E-state index in [9.17, 15) is 0 Å². The van der Waals surface area contributed by atoms with Gasteiger partial charge in [0.2, 0.25) is 3.79 Å². The molecule has 0 saturated heterocycles. The van der Waals surface area contributed by atoms with Crippen LogP contribution in [-0.4, -0.2) is 14.5 Å². The van der Waals surface area contributed by atoms with E-state index in [4.69, 9.17) is 58.0 Å². The van der Waals surface area contributed by atoms with E-state index in [0.717, 1.165) is 0 Å². The summed E-state index contributed by atoms with van der Waals surface area (Å²) in [4.78, 5) is -0.987. The fourth-order valence-corrected chi connectivity index (χ4v) is 0.682. The van der Waals surface area contributed by atoms with Crippen LogP contribution in [0, 0.1) is 0 Å². The molecule has 0 aliphatic heterocycles. The predicted molar refractivity (Wildman–Crippen MR) is 45.3 cm³/mol.